The van der Waals surface area contributed by atoms with E-state index in [-0.39, 0.29) is 4.75 Å². The van der Waals surface area contributed by atoms with E-state index in [0.29, 0.717) is 12.0 Å². The van der Waals surface area contributed by atoms with Crippen LogP contribution in [0.4, 0.5) is 0 Å². The summed E-state index contributed by atoms with van der Waals surface area (Å²) < 4.78 is 5.61. The van der Waals surface area contributed by atoms with E-state index in [9.17, 15) is 0 Å². The molecule has 17 heavy (non-hydrogen) atoms. The van der Waals surface area contributed by atoms with E-state index < -0.39 is 0 Å². The first-order valence-corrected chi connectivity index (χ1v) is 7.14. The number of nitrogens with zero attached hydrogens (tertiary/aromatic N) is 2. The molecule has 0 bridgehead atoms. The van der Waals surface area contributed by atoms with E-state index >= 15 is 0 Å². The Morgan fingerprint density at radius 3 is 2.82 bits per heavy atom. The standard InChI is InChI=1S/C12H21N3OS/c1-8-9(5-6-13-8)11-14-10(15-16-11)7-17-12(2,3)4/h8-9,13H,5-7H2,1-4H3. The fourth-order valence-electron chi connectivity index (χ4n) is 1.95. The molecule has 0 amide bonds. The van der Waals surface area contributed by atoms with Crippen LogP contribution in [0.1, 0.15) is 51.7 Å². The molecular weight excluding hydrogens is 234 g/mol. The number of hydrogen-bond donors (Lipinski definition) is 1. The van der Waals surface area contributed by atoms with Crippen LogP contribution >= 0.6 is 11.8 Å². The summed E-state index contributed by atoms with van der Waals surface area (Å²) in [6.45, 7) is 9.80. The first-order chi connectivity index (χ1) is 7.96. The van der Waals surface area contributed by atoms with Crippen molar-refractivity contribution in [3.8, 4) is 0 Å². The highest BCUT2D eigenvalue weighted by molar-refractivity contribution is 7.99. The van der Waals surface area contributed by atoms with E-state index in [1.807, 2.05) is 11.8 Å². The van der Waals surface area contributed by atoms with Gasteiger partial charge in [0.05, 0.1) is 11.7 Å². The molecule has 4 nitrogen and oxygen atoms in total. The maximum Gasteiger partial charge on any atom is 0.231 e. The molecule has 2 unspecified atom stereocenters. The van der Waals surface area contributed by atoms with Gasteiger partial charge in [-0.05, 0) is 19.9 Å². The third-order valence-corrected chi connectivity index (χ3v) is 4.23. The van der Waals surface area contributed by atoms with Gasteiger partial charge in [-0.15, -0.1) is 11.8 Å². The molecule has 1 aromatic rings. The molecule has 1 aliphatic rings. The molecule has 1 aromatic heterocycles. The van der Waals surface area contributed by atoms with Crippen LogP contribution in [-0.4, -0.2) is 27.5 Å². The molecule has 2 atom stereocenters. The topological polar surface area (TPSA) is 51.0 Å². The van der Waals surface area contributed by atoms with Crippen LogP contribution in [-0.2, 0) is 5.75 Å². The van der Waals surface area contributed by atoms with E-state index in [1.165, 1.54) is 0 Å². The number of nitrogens with one attached hydrogen (secondary N) is 1. The average Bonchev–Trinajstić information content (AvgIpc) is 2.81. The van der Waals surface area contributed by atoms with E-state index in [2.05, 4.69) is 43.2 Å². The third-order valence-electron chi connectivity index (χ3n) is 2.96. The van der Waals surface area contributed by atoms with Gasteiger partial charge in [0, 0.05) is 10.8 Å². The summed E-state index contributed by atoms with van der Waals surface area (Å²) in [6.07, 6.45) is 1.09. The maximum absolute atomic E-state index is 5.37. The van der Waals surface area contributed by atoms with E-state index in [1.54, 1.807) is 0 Å². The van der Waals surface area contributed by atoms with Gasteiger partial charge in [-0.2, -0.15) is 4.98 Å². The van der Waals surface area contributed by atoms with Crippen LogP contribution in [0.2, 0.25) is 0 Å². The molecular formula is C12H21N3OS. The summed E-state index contributed by atoms with van der Waals surface area (Å²) in [5, 5.41) is 7.46. The Bertz CT molecular complexity index is 372. The Balaban J connectivity index is 1.96. The predicted octanol–water partition coefficient (Wildman–Crippen LogP) is 2.57. The number of hydrogen-bond acceptors (Lipinski definition) is 5. The normalized spacial score (nSPS) is 25.4. The highest BCUT2D eigenvalue weighted by Crippen LogP contribution is 2.29. The maximum atomic E-state index is 5.37. The molecule has 1 fully saturated rings. The Kier molecular flexibility index (Phi) is 3.78. The quantitative estimate of drug-likeness (QED) is 0.899. The van der Waals surface area contributed by atoms with Gasteiger partial charge in [0.1, 0.15) is 0 Å². The van der Waals surface area contributed by atoms with Crippen molar-refractivity contribution in [3.63, 3.8) is 0 Å². The van der Waals surface area contributed by atoms with Crippen molar-refractivity contribution in [2.45, 2.75) is 56.6 Å². The minimum Gasteiger partial charge on any atom is -0.339 e. The lowest BCUT2D eigenvalue weighted by atomic mass is 10.0. The zero-order valence-electron chi connectivity index (χ0n) is 11.0. The number of aromatic nitrogens is 2. The molecule has 0 radical (unpaired) electrons. The highest BCUT2D eigenvalue weighted by atomic mass is 32.2. The highest BCUT2D eigenvalue weighted by Gasteiger charge is 2.29. The second kappa shape index (κ2) is 4.98. The van der Waals surface area contributed by atoms with Crippen molar-refractivity contribution in [2.24, 2.45) is 0 Å². The van der Waals surface area contributed by atoms with E-state index in [4.69, 9.17) is 4.52 Å². The largest absolute Gasteiger partial charge is 0.339 e. The molecule has 2 rings (SSSR count). The van der Waals surface area contributed by atoms with Crippen molar-refractivity contribution < 1.29 is 4.52 Å². The van der Waals surface area contributed by atoms with Crippen LogP contribution in [0.5, 0.6) is 0 Å². The average molecular weight is 255 g/mol. The molecule has 1 N–H and O–H groups in total. The first-order valence-electron chi connectivity index (χ1n) is 6.15. The molecule has 96 valence electrons. The van der Waals surface area contributed by atoms with Gasteiger partial charge in [0.25, 0.3) is 0 Å². The molecule has 0 spiro atoms. The van der Waals surface area contributed by atoms with Crippen molar-refractivity contribution in [3.05, 3.63) is 11.7 Å². The lowest BCUT2D eigenvalue weighted by molar-refractivity contribution is 0.342. The molecule has 2 heterocycles. The fraction of sp³-hybridized carbons (Fsp3) is 0.833. The zero-order valence-corrected chi connectivity index (χ0v) is 11.8. The zero-order chi connectivity index (χ0) is 12.5. The van der Waals surface area contributed by atoms with Crippen molar-refractivity contribution in [2.75, 3.05) is 6.54 Å². The molecule has 5 heteroatoms. The molecule has 1 aliphatic heterocycles. The van der Waals surface area contributed by atoms with Gasteiger partial charge in [-0.25, -0.2) is 0 Å². The second-order valence-corrected chi connectivity index (χ2v) is 7.39. The lowest BCUT2D eigenvalue weighted by Crippen LogP contribution is -2.21. The number of rotatable bonds is 3. The monoisotopic (exact) mass is 255 g/mol. The van der Waals surface area contributed by atoms with Crippen molar-refractivity contribution in [1.29, 1.82) is 0 Å². The van der Waals surface area contributed by atoms with Gasteiger partial charge in [0.15, 0.2) is 5.82 Å². The smallest absolute Gasteiger partial charge is 0.231 e. The van der Waals surface area contributed by atoms with Crippen molar-refractivity contribution in [1.82, 2.24) is 15.5 Å². The Morgan fingerprint density at radius 1 is 1.47 bits per heavy atom. The summed E-state index contributed by atoms with van der Waals surface area (Å²) in [7, 11) is 0. The minimum atomic E-state index is 0.239. The molecule has 0 saturated carbocycles. The first kappa shape index (κ1) is 12.9. The van der Waals surface area contributed by atoms with Crippen LogP contribution in [0.15, 0.2) is 4.52 Å². The van der Waals surface area contributed by atoms with Crippen LogP contribution in [0.25, 0.3) is 0 Å². The van der Waals surface area contributed by atoms with Crippen LogP contribution < -0.4 is 5.32 Å². The summed E-state index contributed by atoms with van der Waals surface area (Å²) in [4.78, 5) is 4.51. The molecule has 1 saturated heterocycles. The fourth-order valence-corrected chi connectivity index (χ4v) is 2.63. The Hall–Kier alpha value is -0.550. The van der Waals surface area contributed by atoms with Crippen LogP contribution in [0, 0.1) is 0 Å². The van der Waals surface area contributed by atoms with Gasteiger partial charge >= 0.3 is 0 Å². The van der Waals surface area contributed by atoms with Crippen LogP contribution in [0.3, 0.4) is 0 Å². The van der Waals surface area contributed by atoms with Gasteiger partial charge in [-0.1, -0.05) is 25.9 Å². The van der Waals surface area contributed by atoms with Gasteiger partial charge in [0.2, 0.25) is 5.89 Å². The number of thioether (sulfide) groups is 1. The lowest BCUT2D eigenvalue weighted by Gasteiger charge is -2.15. The molecule has 0 aliphatic carbocycles. The Labute approximate surface area is 107 Å². The second-order valence-electron chi connectivity index (χ2n) is 5.59. The summed E-state index contributed by atoms with van der Waals surface area (Å²) >= 11 is 1.84. The summed E-state index contributed by atoms with van der Waals surface area (Å²) in [6, 6.07) is 0.443. The summed E-state index contributed by atoms with van der Waals surface area (Å²) in [5.74, 6) is 2.82. The third kappa shape index (κ3) is 3.45. The minimum absolute atomic E-state index is 0.239. The SMILES string of the molecule is CC1NCCC1c1nc(CSC(C)(C)C)no1. The van der Waals surface area contributed by atoms with E-state index in [0.717, 1.165) is 30.4 Å². The predicted molar refractivity (Wildman–Crippen MR) is 70.2 cm³/mol. The molecule has 0 aromatic carbocycles. The van der Waals surface area contributed by atoms with Gasteiger partial charge < -0.3 is 9.84 Å². The Morgan fingerprint density at radius 2 is 2.24 bits per heavy atom. The van der Waals surface area contributed by atoms with Gasteiger partial charge in [-0.3, -0.25) is 0 Å². The summed E-state index contributed by atoms with van der Waals surface area (Å²) in [5.41, 5.74) is 0. The van der Waals surface area contributed by atoms with Crippen molar-refractivity contribution >= 4 is 11.8 Å².